The second-order valence-electron chi connectivity index (χ2n) is 4.36. The van der Waals surface area contributed by atoms with Gasteiger partial charge in [-0.3, -0.25) is 9.78 Å². The minimum atomic E-state index is -0.601. The number of halogens is 1. The number of pyridine rings is 1. The van der Waals surface area contributed by atoms with Gasteiger partial charge in [0.25, 0.3) is 5.56 Å². The molecule has 110 valence electrons. The lowest BCUT2D eigenvalue weighted by Gasteiger charge is -2.06. The number of fused-ring (bicyclic) bond motifs is 1. The molecule has 0 bridgehead atoms. The fourth-order valence-corrected chi connectivity index (χ4v) is 2.20. The third-order valence-electron chi connectivity index (χ3n) is 2.89. The first-order chi connectivity index (χ1) is 10.6. The molecule has 0 radical (unpaired) electrons. The van der Waals surface area contributed by atoms with Crippen LogP contribution in [0.25, 0.3) is 10.9 Å². The molecule has 3 rings (SSSR count). The number of nitrogens with zero attached hydrogens (tertiary/aromatic N) is 4. The Kier molecular flexibility index (Phi) is 3.92. The first-order valence-electron chi connectivity index (χ1n) is 6.25. The van der Waals surface area contributed by atoms with E-state index in [0.717, 1.165) is 4.68 Å². The van der Waals surface area contributed by atoms with E-state index in [1.54, 1.807) is 36.5 Å². The van der Waals surface area contributed by atoms with E-state index in [1.807, 2.05) is 0 Å². The molecule has 0 aliphatic rings. The Labute approximate surface area is 132 Å². The molecule has 0 fully saturated rings. The van der Waals surface area contributed by atoms with Crippen LogP contribution in [0.2, 0.25) is 0 Å². The van der Waals surface area contributed by atoms with Gasteiger partial charge in [-0.2, -0.15) is 4.68 Å². The molecule has 0 spiro atoms. The highest BCUT2D eigenvalue weighted by molar-refractivity contribution is 9.10. The zero-order valence-corrected chi connectivity index (χ0v) is 12.7. The molecule has 0 N–H and O–H groups in total. The lowest BCUT2D eigenvalue weighted by atomic mass is 10.2. The van der Waals surface area contributed by atoms with Gasteiger partial charge in [0, 0.05) is 16.9 Å². The van der Waals surface area contributed by atoms with Crippen LogP contribution in [0.4, 0.5) is 0 Å². The van der Waals surface area contributed by atoms with E-state index in [1.165, 1.54) is 6.20 Å². The van der Waals surface area contributed by atoms with E-state index in [-0.39, 0.29) is 17.9 Å². The number of carbonyl (C=O) groups is 1. The van der Waals surface area contributed by atoms with E-state index in [9.17, 15) is 9.59 Å². The number of carbonyl (C=O) groups excluding carboxylic acids is 1. The van der Waals surface area contributed by atoms with Crippen LogP contribution in [-0.2, 0) is 11.5 Å². The van der Waals surface area contributed by atoms with Crippen LogP contribution in [-0.4, -0.2) is 25.9 Å². The Morgan fingerprint density at radius 3 is 2.91 bits per heavy atom. The molecular weight excluding hydrogens is 352 g/mol. The fraction of sp³-hybridized carbons (Fsp3) is 0.0714. The molecule has 0 unspecified atom stereocenters. The van der Waals surface area contributed by atoms with Crippen LogP contribution in [0.15, 0.2) is 52.0 Å². The van der Waals surface area contributed by atoms with E-state index >= 15 is 0 Å². The Balaban J connectivity index is 1.81. The van der Waals surface area contributed by atoms with Gasteiger partial charge in [0.05, 0.1) is 10.9 Å². The standard InChI is InChI=1S/C14H9BrN4O3/c15-10-5-9(6-16-7-10)14(21)22-8-19-13(20)11-3-1-2-4-12(11)17-18-19/h1-7H,8H2. The van der Waals surface area contributed by atoms with Crippen molar-refractivity contribution in [3.63, 3.8) is 0 Å². The maximum absolute atomic E-state index is 12.2. The molecule has 22 heavy (non-hydrogen) atoms. The smallest absolute Gasteiger partial charge is 0.341 e. The molecule has 0 saturated heterocycles. The summed E-state index contributed by atoms with van der Waals surface area (Å²) in [5, 5.41) is 8.06. The molecule has 2 heterocycles. The average molecular weight is 361 g/mol. The van der Waals surface area contributed by atoms with Crippen LogP contribution in [0.1, 0.15) is 10.4 Å². The van der Waals surface area contributed by atoms with Crippen molar-refractivity contribution < 1.29 is 9.53 Å². The maximum Gasteiger partial charge on any atom is 0.341 e. The highest BCUT2D eigenvalue weighted by atomic mass is 79.9. The first-order valence-corrected chi connectivity index (χ1v) is 7.04. The highest BCUT2D eigenvalue weighted by Gasteiger charge is 2.10. The number of esters is 1. The molecule has 0 saturated carbocycles. The quantitative estimate of drug-likeness (QED) is 0.661. The largest absolute Gasteiger partial charge is 0.438 e. The number of hydrogen-bond donors (Lipinski definition) is 0. The SMILES string of the molecule is O=C(OCn1nnc2ccccc2c1=O)c1cncc(Br)c1. The number of benzene rings is 1. The summed E-state index contributed by atoms with van der Waals surface area (Å²) in [6.45, 7) is -0.317. The first kappa shape index (κ1) is 14.3. The van der Waals surface area contributed by atoms with Crippen molar-refractivity contribution in [2.45, 2.75) is 6.73 Å². The fourth-order valence-electron chi connectivity index (χ4n) is 1.83. The molecule has 7 nitrogen and oxygen atoms in total. The summed E-state index contributed by atoms with van der Waals surface area (Å²) >= 11 is 3.22. The van der Waals surface area contributed by atoms with Gasteiger partial charge < -0.3 is 4.74 Å². The minimum absolute atomic E-state index is 0.274. The summed E-state index contributed by atoms with van der Waals surface area (Å²) in [7, 11) is 0. The molecule has 2 aromatic heterocycles. The molecule has 1 aromatic carbocycles. The summed E-state index contributed by atoms with van der Waals surface area (Å²) in [5.41, 5.74) is 0.396. The van der Waals surface area contributed by atoms with Crippen LogP contribution >= 0.6 is 15.9 Å². The van der Waals surface area contributed by atoms with Gasteiger partial charge >= 0.3 is 5.97 Å². The second-order valence-corrected chi connectivity index (χ2v) is 5.28. The third-order valence-corrected chi connectivity index (χ3v) is 3.32. The van der Waals surface area contributed by atoms with Crippen molar-refractivity contribution in [2.75, 3.05) is 0 Å². The summed E-state index contributed by atoms with van der Waals surface area (Å²) in [6.07, 6.45) is 2.93. The molecule has 0 amide bonds. The van der Waals surface area contributed by atoms with E-state index in [2.05, 4.69) is 31.2 Å². The zero-order valence-electron chi connectivity index (χ0n) is 11.1. The molecule has 3 aromatic rings. The Morgan fingerprint density at radius 2 is 2.09 bits per heavy atom. The topological polar surface area (TPSA) is 87.0 Å². The molecule has 0 aliphatic carbocycles. The van der Waals surface area contributed by atoms with Gasteiger partial charge in [-0.25, -0.2) is 4.79 Å². The van der Waals surface area contributed by atoms with Crippen LogP contribution in [0.3, 0.4) is 0 Å². The van der Waals surface area contributed by atoms with Gasteiger partial charge in [0.1, 0.15) is 5.52 Å². The summed E-state index contributed by atoms with van der Waals surface area (Å²) in [6, 6.07) is 8.40. The van der Waals surface area contributed by atoms with Gasteiger partial charge in [0.15, 0.2) is 6.73 Å². The van der Waals surface area contributed by atoms with E-state index in [4.69, 9.17) is 4.74 Å². The van der Waals surface area contributed by atoms with Crippen LogP contribution < -0.4 is 5.56 Å². The van der Waals surface area contributed by atoms with Crippen molar-refractivity contribution in [1.29, 1.82) is 0 Å². The number of hydrogen-bond acceptors (Lipinski definition) is 6. The van der Waals surface area contributed by atoms with Crippen molar-refractivity contribution in [2.24, 2.45) is 0 Å². The summed E-state index contributed by atoms with van der Waals surface area (Å²) in [5.74, 6) is -0.601. The normalized spacial score (nSPS) is 10.6. The second kappa shape index (κ2) is 6.02. The van der Waals surface area contributed by atoms with Crippen LogP contribution in [0.5, 0.6) is 0 Å². The predicted molar refractivity (Wildman–Crippen MR) is 81.2 cm³/mol. The van der Waals surface area contributed by atoms with Gasteiger partial charge in [-0.15, -0.1) is 5.10 Å². The number of rotatable bonds is 3. The highest BCUT2D eigenvalue weighted by Crippen LogP contribution is 2.10. The van der Waals surface area contributed by atoms with E-state index < -0.39 is 5.97 Å². The zero-order chi connectivity index (χ0) is 15.5. The van der Waals surface area contributed by atoms with Gasteiger partial charge in [-0.05, 0) is 34.1 Å². The average Bonchev–Trinajstić information content (AvgIpc) is 2.54. The Hall–Kier alpha value is -2.61. The maximum atomic E-state index is 12.2. The molecule has 0 atom stereocenters. The molecular formula is C14H9BrN4O3. The lowest BCUT2D eigenvalue weighted by Crippen LogP contribution is -2.26. The lowest BCUT2D eigenvalue weighted by molar-refractivity contribution is 0.0335. The van der Waals surface area contributed by atoms with E-state index in [0.29, 0.717) is 15.4 Å². The number of ether oxygens (including phenoxy) is 1. The molecule has 0 aliphatic heterocycles. The van der Waals surface area contributed by atoms with Crippen molar-refractivity contribution in [3.8, 4) is 0 Å². The Bertz CT molecular complexity index is 910. The minimum Gasteiger partial charge on any atom is -0.438 e. The van der Waals surface area contributed by atoms with Crippen molar-refractivity contribution in [1.82, 2.24) is 20.0 Å². The predicted octanol–water partition coefficient (Wildman–Crippen LogP) is 1.76. The third kappa shape index (κ3) is 2.86. The van der Waals surface area contributed by atoms with Crippen LogP contribution in [0, 0.1) is 0 Å². The molecule has 8 heteroatoms. The summed E-state index contributed by atoms with van der Waals surface area (Å²) < 4.78 is 6.71. The summed E-state index contributed by atoms with van der Waals surface area (Å²) in [4.78, 5) is 28.0. The number of aromatic nitrogens is 4. The van der Waals surface area contributed by atoms with Crippen molar-refractivity contribution in [3.05, 3.63) is 63.1 Å². The Morgan fingerprint density at radius 1 is 1.27 bits per heavy atom. The monoisotopic (exact) mass is 360 g/mol. The van der Waals surface area contributed by atoms with Gasteiger partial charge in [-0.1, -0.05) is 17.3 Å². The van der Waals surface area contributed by atoms with Crippen molar-refractivity contribution >= 4 is 32.8 Å². The van der Waals surface area contributed by atoms with Gasteiger partial charge in [0.2, 0.25) is 0 Å².